The second kappa shape index (κ2) is 4.45. The molecular formula is C13H16FN3O2. The van der Waals surface area contributed by atoms with Gasteiger partial charge in [-0.25, -0.2) is 4.39 Å². The molecule has 0 amide bonds. The fourth-order valence-corrected chi connectivity index (χ4v) is 3.34. The molecule has 0 bridgehead atoms. The van der Waals surface area contributed by atoms with Crippen molar-refractivity contribution in [2.45, 2.75) is 13.0 Å². The molecule has 2 aliphatic heterocycles. The van der Waals surface area contributed by atoms with Gasteiger partial charge in [-0.2, -0.15) is 0 Å². The number of non-ortho nitro benzene ring substituents is 1. The first-order chi connectivity index (χ1) is 9.06. The van der Waals surface area contributed by atoms with Crippen LogP contribution < -0.4 is 10.2 Å². The molecule has 5 nitrogen and oxygen atoms in total. The summed E-state index contributed by atoms with van der Waals surface area (Å²) in [6.45, 7) is 4.89. The second-order valence-electron chi connectivity index (χ2n) is 5.40. The van der Waals surface area contributed by atoms with E-state index in [1.54, 1.807) is 0 Å². The third-order valence-electron chi connectivity index (χ3n) is 4.34. The summed E-state index contributed by atoms with van der Waals surface area (Å²) in [5.74, 6) is 0.547. The van der Waals surface area contributed by atoms with Crippen LogP contribution in [0.5, 0.6) is 0 Å². The van der Waals surface area contributed by atoms with E-state index in [1.165, 1.54) is 12.1 Å². The van der Waals surface area contributed by atoms with Crippen molar-refractivity contribution in [2.75, 3.05) is 24.5 Å². The highest BCUT2D eigenvalue weighted by molar-refractivity contribution is 5.55. The molecule has 2 aliphatic rings. The van der Waals surface area contributed by atoms with Gasteiger partial charge >= 0.3 is 0 Å². The predicted molar refractivity (Wildman–Crippen MR) is 69.7 cm³/mol. The standard InChI is InChI=1S/C13H16FN3O2/c1-8-13-6-15-5-9(13)7-16(8)11-2-10(14)3-12(4-11)17(18)19/h2-4,8-9,13,15H,5-7H2,1H3. The van der Waals surface area contributed by atoms with E-state index in [-0.39, 0.29) is 11.7 Å². The number of hydrogen-bond donors (Lipinski definition) is 1. The fraction of sp³-hybridized carbons (Fsp3) is 0.538. The Labute approximate surface area is 110 Å². The SMILES string of the molecule is CC1C2CNCC2CN1c1cc(F)cc([N+](=O)[O-])c1. The maximum atomic E-state index is 13.5. The van der Waals surface area contributed by atoms with Crippen molar-refractivity contribution in [2.24, 2.45) is 11.8 Å². The Bertz CT molecular complexity index is 523. The van der Waals surface area contributed by atoms with Crippen LogP contribution in [0, 0.1) is 27.8 Å². The Morgan fingerprint density at radius 3 is 2.89 bits per heavy atom. The van der Waals surface area contributed by atoms with Gasteiger partial charge in [-0.1, -0.05) is 0 Å². The highest BCUT2D eigenvalue weighted by Crippen LogP contribution is 2.37. The summed E-state index contributed by atoms with van der Waals surface area (Å²) in [6, 6.07) is 4.10. The summed E-state index contributed by atoms with van der Waals surface area (Å²) < 4.78 is 13.5. The van der Waals surface area contributed by atoms with Gasteiger partial charge in [0.2, 0.25) is 0 Å². The van der Waals surface area contributed by atoms with Crippen molar-refractivity contribution in [1.29, 1.82) is 0 Å². The number of anilines is 1. The van der Waals surface area contributed by atoms with Gasteiger partial charge in [-0.3, -0.25) is 10.1 Å². The molecule has 1 aromatic carbocycles. The van der Waals surface area contributed by atoms with E-state index >= 15 is 0 Å². The van der Waals surface area contributed by atoms with E-state index in [0.717, 1.165) is 25.7 Å². The number of nitro benzene ring substituents is 1. The molecule has 0 aliphatic carbocycles. The van der Waals surface area contributed by atoms with Gasteiger partial charge in [0, 0.05) is 37.4 Å². The third kappa shape index (κ3) is 2.06. The largest absolute Gasteiger partial charge is 0.368 e. The minimum Gasteiger partial charge on any atom is -0.368 e. The number of hydrogen-bond acceptors (Lipinski definition) is 4. The molecule has 0 saturated carbocycles. The Balaban J connectivity index is 1.92. The number of nitrogens with zero attached hydrogens (tertiary/aromatic N) is 2. The first kappa shape index (κ1) is 12.3. The van der Waals surface area contributed by atoms with Gasteiger partial charge in [-0.05, 0) is 24.8 Å². The monoisotopic (exact) mass is 265 g/mol. The van der Waals surface area contributed by atoms with Crippen LogP contribution in [-0.2, 0) is 0 Å². The zero-order chi connectivity index (χ0) is 13.6. The van der Waals surface area contributed by atoms with E-state index in [0.29, 0.717) is 17.5 Å². The third-order valence-corrected chi connectivity index (χ3v) is 4.34. The molecule has 3 atom stereocenters. The van der Waals surface area contributed by atoms with E-state index in [9.17, 15) is 14.5 Å². The summed E-state index contributed by atoms with van der Waals surface area (Å²) in [4.78, 5) is 12.4. The van der Waals surface area contributed by atoms with Gasteiger partial charge in [0.1, 0.15) is 5.82 Å². The number of nitro groups is 1. The van der Waals surface area contributed by atoms with E-state index in [1.807, 2.05) is 0 Å². The Morgan fingerprint density at radius 2 is 2.21 bits per heavy atom. The number of benzene rings is 1. The second-order valence-corrected chi connectivity index (χ2v) is 5.40. The summed E-state index contributed by atoms with van der Waals surface area (Å²) in [5, 5.41) is 14.2. The summed E-state index contributed by atoms with van der Waals surface area (Å²) in [5.41, 5.74) is 0.436. The molecule has 2 fully saturated rings. The molecule has 102 valence electrons. The first-order valence-corrected chi connectivity index (χ1v) is 6.48. The Morgan fingerprint density at radius 1 is 1.42 bits per heavy atom. The molecule has 19 heavy (non-hydrogen) atoms. The highest BCUT2D eigenvalue weighted by Gasteiger charge is 2.42. The maximum absolute atomic E-state index is 13.5. The van der Waals surface area contributed by atoms with Gasteiger partial charge in [0.05, 0.1) is 11.0 Å². The zero-order valence-electron chi connectivity index (χ0n) is 10.7. The average molecular weight is 265 g/mol. The molecule has 0 radical (unpaired) electrons. The van der Waals surface area contributed by atoms with Crippen LogP contribution >= 0.6 is 0 Å². The minimum absolute atomic E-state index is 0.183. The summed E-state index contributed by atoms with van der Waals surface area (Å²) in [6.07, 6.45) is 0. The molecule has 2 saturated heterocycles. The molecule has 1 aromatic rings. The fourth-order valence-electron chi connectivity index (χ4n) is 3.34. The quantitative estimate of drug-likeness (QED) is 0.654. The van der Waals surface area contributed by atoms with Crippen LogP contribution in [-0.4, -0.2) is 30.6 Å². The molecule has 3 rings (SSSR count). The molecule has 6 heteroatoms. The molecule has 0 spiro atoms. The van der Waals surface area contributed by atoms with Gasteiger partial charge < -0.3 is 10.2 Å². The van der Waals surface area contributed by atoms with Gasteiger partial charge in [0.25, 0.3) is 5.69 Å². The van der Waals surface area contributed by atoms with E-state index < -0.39 is 10.7 Å². The van der Waals surface area contributed by atoms with Crippen molar-refractivity contribution in [3.63, 3.8) is 0 Å². The summed E-state index contributed by atoms with van der Waals surface area (Å²) in [7, 11) is 0. The highest BCUT2D eigenvalue weighted by atomic mass is 19.1. The van der Waals surface area contributed by atoms with Crippen LogP contribution in [0.3, 0.4) is 0 Å². The lowest BCUT2D eigenvalue weighted by Crippen LogP contribution is -2.33. The van der Waals surface area contributed by atoms with Crippen molar-refractivity contribution in [1.82, 2.24) is 5.32 Å². The lowest BCUT2D eigenvalue weighted by atomic mass is 9.95. The topological polar surface area (TPSA) is 58.4 Å². The molecular weight excluding hydrogens is 249 g/mol. The number of nitrogens with one attached hydrogen (secondary N) is 1. The van der Waals surface area contributed by atoms with Crippen molar-refractivity contribution in [3.05, 3.63) is 34.1 Å². The van der Waals surface area contributed by atoms with Crippen LogP contribution in [0.25, 0.3) is 0 Å². The normalized spacial score (nSPS) is 29.6. The van der Waals surface area contributed by atoms with Crippen molar-refractivity contribution < 1.29 is 9.31 Å². The number of halogens is 1. The van der Waals surface area contributed by atoms with Crippen LogP contribution in [0.15, 0.2) is 18.2 Å². The maximum Gasteiger partial charge on any atom is 0.274 e. The number of fused-ring (bicyclic) bond motifs is 1. The van der Waals surface area contributed by atoms with Crippen molar-refractivity contribution in [3.8, 4) is 0 Å². The lowest BCUT2D eigenvalue weighted by molar-refractivity contribution is -0.385. The van der Waals surface area contributed by atoms with Crippen LogP contribution in [0.4, 0.5) is 15.8 Å². The van der Waals surface area contributed by atoms with Crippen molar-refractivity contribution >= 4 is 11.4 Å². The van der Waals surface area contributed by atoms with Crippen LogP contribution in [0.2, 0.25) is 0 Å². The zero-order valence-corrected chi connectivity index (χ0v) is 10.7. The molecule has 0 aromatic heterocycles. The van der Waals surface area contributed by atoms with E-state index in [2.05, 4.69) is 17.1 Å². The first-order valence-electron chi connectivity index (χ1n) is 6.48. The Kier molecular flexibility index (Phi) is 2.89. The van der Waals surface area contributed by atoms with Gasteiger partial charge in [-0.15, -0.1) is 0 Å². The number of rotatable bonds is 2. The summed E-state index contributed by atoms with van der Waals surface area (Å²) >= 11 is 0. The molecule has 1 N–H and O–H groups in total. The molecule has 3 unspecified atom stereocenters. The van der Waals surface area contributed by atoms with Crippen LogP contribution in [0.1, 0.15) is 6.92 Å². The predicted octanol–water partition coefficient (Wildman–Crippen LogP) is 1.78. The minimum atomic E-state index is -0.549. The average Bonchev–Trinajstić information content (AvgIpc) is 2.92. The van der Waals surface area contributed by atoms with E-state index in [4.69, 9.17) is 0 Å². The Hall–Kier alpha value is -1.69. The molecule has 2 heterocycles. The lowest BCUT2D eigenvalue weighted by Gasteiger charge is -2.26. The smallest absolute Gasteiger partial charge is 0.274 e. The van der Waals surface area contributed by atoms with Gasteiger partial charge in [0.15, 0.2) is 0 Å².